The Bertz CT molecular complexity index is 829. The molecule has 0 spiro atoms. The Morgan fingerprint density at radius 2 is 1.03 bits per heavy atom. The van der Waals surface area contributed by atoms with Gasteiger partial charge in [-0.1, -0.05) is 36.4 Å². The van der Waals surface area contributed by atoms with Gasteiger partial charge < -0.3 is 29.6 Å². The second kappa shape index (κ2) is 9.39. The molecule has 1 aliphatic rings. The molecule has 1 fully saturated rings. The van der Waals surface area contributed by atoms with Gasteiger partial charge in [0.2, 0.25) is 0 Å². The number of alkyl carbamates (subject to hydrolysis) is 2. The lowest BCUT2D eigenvalue weighted by molar-refractivity contribution is 0.110. The van der Waals surface area contributed by atoms with Crippen molar-refractivity contribution in [2.75, 3.05) is 28.4 Å². The average Bonchev–Trinajstić information content (AvgIpc) is 2.79. The van der Waals surface area contributed by atoms with E-state index in [1.165, 1.54) is 14.2 Å². The van der Waals surface area contributed by atoms with E-state index in [4.69, 9.17) is 18.9 Å². The van der Waals surface area contributed by atoms with Gasteiger partial charge in [-0.25, -0.2) is 9.59 Å². The monoisotopic (exact) mass is 414 g/mol. The Kier molecular flexibility index (Phi) is 6.66. The molecule has 0 bridgehead atoms. The van der Waals surface area contributed by atoms with Gasteiger partial charge in [-0.15, -0.1) is 0 Å². The third-order valence-electron chi connectivity index (χ3n) is 5.48. The van der Waals surface area contributed by atoms with Gasteiger partial charge in [0.05, 0.1) is 40.5 Å². The number of methoxy groups -OCH3 is 4. The summed E-state index contributed by atoms with van der Waals surface area (Å²) < 4.78 is 20.8. The van der Waals surface area contributed by atoms with E-state index in [1.807, 2.05) is 48.5 Å². The zero-order valence-electron chi connectivity index (χ0n) is 17.4. The molecule has 4 atom stereocenters. The van der Waals surface area contributed by atoms with Crippen molar-refractivity contribution in [2.24, 2.45) is 0 Å². The minimum Gasteiger partial charge on any atom is -0.496 e. The van der Waals surface area contributed by atoms with Crippen LogP contribution in [0.2, 0.25) is 0 Å². The number of rotatable bonds is 6. The summed E-state index contributed by atoms with van der Waals surface area (Å²) in [7, 11) is 5.80. The molecular weight excluding hydrogens is 388 g/mol. The lowest BCUT2D eigenvalue weighted by atomic mass is 9.59. The first-order chi connectivity index (χ1) is 14.5. The van der Waals surface area contributed by atoms with Gasteiger partial charge in [0, 0.05) is 23.0 Å². The van der Waals surface area contributed by atoms with Crippen molar-refractivity contribution in [3.05, 3.63) is 59.7 Å². The number of hydrogen-bond donors (Lipinski definition) is 2. The fourth-order valence-electron chi connectivity index (χ4n) is 4.15. The SMILES string of the molecule is COC(=O)N[C@@H]1[C@@H](NC(=O)OC)[C@@H](c2ccccc2OC)[C@@H]1c1ccccc1OC. The number of ether oxygens (including phenoxy) is 4. The maximum atomic E-state index is 12.1. The van der Waals surface area contributed by atoms with Gasteiger partial charge >= 0.3 is 12.2 Å². The fraction of sp³-hybridized carbons (Fsp3) is 0.364. The highest BCUT2D eigenvalue weighted by Crippen LogP contribution is 2.53. The van der Waals surface area contributed by atoms with Gasteiger partial charge in [0.15, 0.2) is 0 Å². The van der Waals surface area contributed by atoms with Gasteiger partial charge in [-0.3, -0.25) is 0 Å². The van der Waals surface area contributed by atoms with E-state index in [9.17, 15) is 9.59 Å². The summed E-state index contributed by atoms with van der Waals surface area (Å²) in [6, 6.07) is 14.3. The topological polar surface area (TPSA) is 95.1 Å². The molecule has 30 heavy (non-hydrogen) atoms. The predicted molar refractivity (Wildman–Crippen MR) is 110 cm³/mol. The van der Waals surface area contributed by atoms with Crippen molar-refractivity contribution >= 4 is 12.2 Å². The molecule has 160 valence electrons. The molecule has 0 aromatic heterocycles. The second-order valence-electron chi connectivity index (χ2n) is 6.86. The molecule has 2 aromatic carbocycles. The van der Waals surface area contributed by atoms with Crippen LogP contribution in [0.25, 0.3) is 0 Å². The van der Waals surface area contributed by atoms with Crippen molar-refractivity contribution in [2.45, 2.75) is 23.9 Å². The van der Waals surface area contributed by atoms with E-state index >= 15 is 0 Å². The Morgan fingerprint density at radius 3 is 1.37 bits per heavy atom. The molecule has 0 saturated heterocycles. The summed E-state index contributed by atoms with van der Waals surface area (Å²) in [5, 5.41) is 5.71. The van der Waals surface area contributed by atoms with E-state index < -0.39 is 24.3 Å². The van der Waals surface area contributed by atoms with Crippen LogP contribution in [0.15, 0.2) is 48.5 Å². The summed E-state index contributed by atoms with van der Waals surface area (Å²) in [4.78, 5) is 24.2. The number of carbonyl (C=O) groups excluding carboxylic acids is 2. The first kappa shape index (κ1) is 21.3. The quantitative estimate of drug-likeness (QED) is 0.755. The van der Waals surface area contributed by atoms with Crippen LogP contribution < -0.4 is 20.1 Å². The molecule has 8 nitrogen and oxygen atoms in total. The van der Waals surface area contributed by atoms with E-state index in [2.05, 4.69) is 10.6 Å². The van der Waals surface area contributed by atoms with Crippen LogP contribution >= 0.6 is 0 Å². The zero-order chi connectivity index (χ0) is 21.7. The van der Waals surface area contributed by atoms with Crippen molar-refractivity contribution in [3.8, 4) is 11.5 Å². The molecule has 8 heteroatoms. The fourth-order valence-corrected chi connectivity index (χ4v) is 4.15. The van der Waals surface area contributed by atoms with E-state index in [0.29, 0.717) is 11.5 Å². The molecule has 0 radical (unpaired) electrons. The van der Waals surface area contributed by atoms with E-state index in [-0.39, 0.29) is 11.8 Å². The summed E-state index contributed by atoms with van der Waals surface area (Å²) in [5.41, 5.74) is 1.81. The summed E-state index contributed by atoms with van der Waals surface area (Å²) in [6.07, 6.45) is -1.18. The molecule has 0 heterocycles. The van der Waals surface area contributed by atoms with Gasteiger partial charge in [-0.2, -0.15) is 0 Å². The molecular formula is C22H26N2O6. The largest absolute Gasteiger partial charge is 0.496 e. The number of nitrogens with one attached hydrogen (secondary N) is 2. The lowest BCUT2D eigenvalue weighted by Crippen LogP contribution is -2.67. The van der Waals surface area contributed by atoms with Crippen molar-refractivity contribution < 1.29 is 28.5 Å². The molecule has 0 aliphatic heterocycles. The van der Waals surface area contributed by atoms with Gasteiger partial charge in [-0.05, 0) is 12.1 Å². The smallest absolute Gasteiger partial charge is 0.407 e. The highest BCUT2D eigenvalue weighted by molar-refractivity contribution is 5.71. The maximum absolute atomic E-state index is 12.1. The van der Waals surface area contributed by atoms with Crippen LogP contribution in [0.5, 0.6) is 11.5 Å². The first-order valence-electron chi connectivity index (χ1n) is 9.50. The van der Waals surface area contributed by atoms with Crippen LogP contribution in [-0.2, 0) is 9.47 Å². The molecule has 3 rings (SSSR count). The predicted octanol–water partition coefficient (Wildman–Crippen LogP) is 3.03. The van der Waals surface area contributed by atoms with Gasteiger partial charge in [0.1, 0.15) is 11.5 Å². The van der Waals surface area contributed by atoms with E-state index in [1.54, 1.807) is 14.2 Å². The van der Waals surface area contributed by atoms with Crippen LogP contribution in [0.1, 0.15) is 23.0 Å². The number of carbonyl (C=O) groups is 2. The minimum atomic E-state index is -0.588. The third kappa shape index (κ3) is 3.98. The molecule has 2 aromatic rings. The Morgan fingerprint density at radius 1 is 0.667 bits per heavy atom. The number of benzene rings is 2. The highest BCUT2D eigenvalue weighted by atomic mass is 16.5. The standard InChI is InChI=1S/C22H26N2O6/c1-27-15-11-7-5-9-13(15)17-18(14-10-6-8-12-16(14)28-2)20(24-22(26)30-4)19(17)23-21(25)29-3/h5-12,17-20H,1-4H3,(H,23,25)(H,24,26)/t17-,18-,19-,20-/m0/s1. The minimum absolute atomic E-state index is 0.210. The van der Waals surface area contributed by atoms with Gasteiger partial charge in [0.25, 0.3) is 0 Å². The maximum Gasteiger partial charge on any atom is 0.407 e. The van der Waals surface area contributed by atoms with Crippen LogP contribution in [-0.4, -0.2) is 52.7 Å². The Balaban J connectivity index is 2.11. The molecule has 0 unspecified atom stereocenters. The highest BCUT2D eigenvalue weighted by Gasteiger charge is 2.55. The van der Waals surface area contributed by atoms with Crippen molar-refractivity contribution in [3.63, 3.8) is 0 Å². The van der Waals surface area contributed by atoms with Crippen molar-refractivity contribution in [1.29, 1.82) is 0 Å². The Labute approximate surface area is 175 Å². The zero-order valence-corrected chi connectivity index (χ0v) is 17.4. The third-order valence-corrected chi connectivity index (χ3v) is 5.48. The molecule has 2 amide bonds. The summed E-state index contributed by atoms with van der Waals surface area (Å²) in [6.45, 7) is 0. The average molecular weight is 414 g/mol. The van der Waals surface area contributed by atoms with Crippen molar-refractivity contribution in [1.82, 2.24) is 10.6 Å². The first-order valence-corrected chi connectivity index (χ1v) is 9.50. The summed E-state index contributed by atoms with van der Waals surface area (Å²) >= 11 is 0. The molecule has 1 saturated carbocycles. The molecule has 1 aliphatic carbocycles. The number of amides is 2. The van der Waals surface area contributed by atoms with Crippen LogP contribution in [0.3, 0.4) is 0 Å². The van der Waals surface area contributed by atoms with E-state index in [0.717, 1.165) is 11.1 Å². The Hall–Kier alpha value is -3.42. The van der Waals surface area contributed by atoms with Crippen LogP contribution in [0.4, 0.5) is 9.59 Å². The van der Waals surface area contributed by atoms with Crippen LogP contribution in [0, 0.1) is 0 Å². The second-order valence-corrected chi connectivity index (χ2v) is 6.86. The molecule has 2 N–H and O–H groups in total. The lowest BCUT2D eigenvalue weighted by Gasteiger charge is -2.52. The number of para-hydroxylation sites is 2. The number of hydrogen-bond acceptors (Lipinski definition) is 6. The summed E-state index contributed by atoms with van der Waals surface area (Å²) in [5.74, 6) is 0.962. The normalized spacial score (nSPS) is 22.3.